The molecular formula is C15H14FN3O. The van der Waals surface area contributed by atoms with Gasteiger partial charge in [-0.05, 0) is 24.3 Å². The highest BCUT2D eigenvalue weighted by Crippen LogP contribution is 2.21. The van der Waals surface area contributed by atoms with Crippen molar-refractivity contribution >= 4 is 11.3 Å². The first-order chi connectivity index (χ1) is 9.76. The third-order valence-electron chi connectivity index (χ3n) is 3.05. The summed E-state index contributed by atoms with van der Waals surface area (Å²) in [6, 6.07) is 10.4. The maximum atomic E-state index is 13.7. The van der Waals surface area contributed by atoms with E-state index in [-0.39, 0.29) is 5.82 Å². The molecule has 0 spiro atoms. The molecule has 3 aromatic rings. The van der Waals surface area contributed by atoms with Gasteiger partial charge in [-0.1, -0.05) is 6.07 Å². The van der Waals surface area contributed by atoms with Crippen molar-refractivity contribution in [2.24, 2.45) is 0 Å². The van der Waals surface area contributed by atoms with Crippen molar-refractivity contribution in [1.29, 1.82) is 0 Å². The molecule has 0 saturated heterocycles. The first-order valence-electron chi connectivity index (χ1n) is 6.26. The average molecular weight is 271 g/mol. The largest absolute Gasteiger partial charge is 0.497 e. The van der Waals surface area contributed by atoms with Gasteiger partial charge in [-0.25, -0.2) is 9.37 Å². The predicted octanol–water partition coefficient (Wildman–Crippen LogP) is 3.09. The van der Waals surface area contributed by atoms with E-state index in [0.29, 0.717) is 18.0 Å². The Balaban J connectivity index is 1.79. The van der Waals surface area contributed by atoms with E-state index in [4.69, 9.17) is 4.74 Å². The number of methoxy groups -OCH3 is 1. The number of hydrogen-bond donors (Lipinski definition) is 1. The standard InChI is InChI=1S/C15H14FN3O/c1-20-12-5-6-13(16)14(8-12)17-9-11-10-19-7-3-2-4-15(19)18-11/h2-8,10,17H,9H2,1H3. The topological polar surface area (TPSA) is 38.6 Å². The zero-order valence-electron chi connectivity index (χ0n) is 11.0. The number of aromatic nitrogens is 2. The van der Waals surface area contributed by atoms with Crippen LogP contribution in [0.2, 0.25) is 0 Å². The lowest BCUT2D eigenvalue weighted by Crippen LogP contribution is -2.02. The first kappa shape index (κ1) is 12.5. The van der Waals surface area contributed by atoms with Crippen LogP contribution in [0.4, 0.5) is 10.1 Å². The summed E-state index contributed by atoms with van der Waals surface area (Å²) in [4.78, 5) is 4.45. The number of ether oxygens (including phenoxy) is 1. The number of imidazole rings is 1. The Labute approximate surface area is 115 Å². The van der Waals surface area contributed by atoms with Crippen LogP contribution in [0.5, 0.6) is 5.75 Å². The van der Waals surface area contributed by atoms with Crippen LogP contribution in [0.25, 0.3) is 5.65 Å². The van der Waals surface area contributed by atoms with Gasteiger partial charge in [-0.2, -0.15) is 0 Å². The zero-order valence-corrected chi connectivity index (χ0v) is 11.0. The fourth-order valence-electron chi connectivity index (χ4n) is 2.02. The Morgan fingerprint density at radius 1 is 1.30 bits per heavy atom. The fourth-order valence-corrected chi connectivity index (χ4v) is 2.02. The maximum absolute atomic E-state index is 13.7. The van der Waals surface area contributed by atoms with Crippen LogP contribution in [0.1, 0.15) is 5.69 Å². The minimum absolute atomic E-state index is 0.311. The molecule has 0 amide bonds. The molecule has 0 radical (unpaired) electrons. The van der Waals surface area contributed by atoms with Crippen molar-refractivity contribution in [1.82, 2.24) is 9.38 Å². The molecule has 0 aliphatic carbocycles. The van der Waals surface area contributed by atoms with Crippen LogP contribution in [0.15, 0.2) is 48.8 Å². The van der Waals surface area contributed by atoms with Crippen molar-refractivity contribution in [3.63, 3.8) is 0 Å². The van der Waals surface area contributed by atoms with Gasteiger partial charge < -0.3 is 14.5 Å². The number of fused-ring (bicyclic) bond motifs is 1. The highest BCUT2D eigenvalue weighted by Gasteiger charge is 2.05. The van der Waals surface area contributed by atoms with Crippen molar-refractivity contribution in [3.8, 4) is 5.75 Å². The Bertz CT molecular complexity index is 706. The lowest BCUT2D eigenvalue weighted by atomic mass is 10.3. The summed E-state index contributed by atoms with van der Waals surface area (Å²) < 4.78 is 20.7. The van der Waals surface area contributed by atoms with Crippen LogP contribution in [-0.4, -0.2) is 16.5 Å². The van der Waals surface area contributed by atoms with Gasteiger partial charge in [-0.15, -0.1) is 0 Å². The molecule has 2 heterocycles. The van der Waals surface area contributed by atoms with Crippen molar-refractivity contribution < 1.29 is 9.13 Å². The smallest absolute Gasteiger partial charge is 0.146 e. The monoisotopic (exact) mass is 271 g/mol. The molecule has 4 nitrogen and oxygen atoms in total. The summed E-state index contributed by atoms with van der Waals surface area (Å²) in [5.74, 6) is 0.304. The Kier molecular flexibility index (Phi) is 3.25. The molecule has 102 valence electrons. The normalized spacial score (nSPS) is 10.7. The maximum Gasteiger partial charge on any atom is 0.146 e. The third kappa shape index (κ3) is 2.42. The third-order valence-corrected chi connectivity index (χ3v) is 3.05. The second-order valence-electron chi connectivity index (χ2n) is 4.40. The van der Waals surface area contributed by atoms with Crippen molar-refractivity contribution in [2.75, 3.05) is 12.4 Å². The molecule has 0 fully saturated rings. The van der Waals surface area contributed by atoms with E-state index in [2.05, 4.69) is 10.3 Å². The molecule has 0 aliphatic rings. The number of halogens is 1. The van der Waals surface area contributed by atoms with Gasteiger partial charge >= 0.3 is 0 Å². The minimum Gasteiger partial charge on any atom is -0.497 e. The number of hydrogen-bond acceptors (Lipinski definition) is 3. The molecule has 20 heavy (non-hydrogen) atoms. The van der Waals surface area contributed by atoms with Crippen LogP contribution >= 0.6 is 0 Å². The van der Waals surface area contributed by atoms with Gasteiger partial charge in [0.25, 0.3) is 0 Å². The zero-order chi connectivity index (χ0) is 13.9. The number of nitrogens with zero attached hydrogens (tertiary/aromatic N) is 2. The highest BCUT2D eigenvalue weighted by molar-refractivity contribution is 5.50. The van der Waals surface area contributed by atoms with E-state index in [1.165, 1.54) is 6.07 Å². The number of benzene rings is 1. The molecule has 2 aromatic heterocycles. The average Bonchev–Trinajstić information content (AvgIpc) is 2.89. The lowest BCUT2D eigenvalue weighted by molar-refractivity contribution is 0.414. The Morgan fingerprint density at radius 3 is 3.00 bits per heavy atom. The van der Waals surface area contributed by atoms with Gasteiger partial charge in [0, 0.05) is 18.5 Å². The molecule has 0 bridgehead atoms. The van der Waals surface area contributed by atoms with Crippen molar-refractivity contribution in [2.45, 2.75) is 6.54 Å². The van der Waals surface area contributed by atoms with Crippen LogP contribution < -0.4 is 10.1 Å². The van der Waals surface area contributed by atoms with E-state index in [1.54, 1.807) is 19.2 Å². The van der Waals surface area contributed by atoms with Gasteiger partial charge in [0.1, 0.15) is 17.2 Å². The molecule has 0 unspecified atom stereocenters. The van der Waals surface area contributed by atoms with E-state index >= 15 is 0 Å². The van der Waals surface area contributed by atoms with Crippen LogP contribution in [0.3, 0.4) is 0 Å². The Morgan fingerprint density at radius 2 is 2.20 bits per heavy atom. The lowest BCUT2D eigenvalue weighted by Gasteiger charge is -2.07. The highest BCUT2D eigenvalue weighted by atomic mass is 19.1. The van der Waals surface area contributed by atoms with Crippen LogP contribution in [0, 0.1) is 5.82 Å². The van der Waals surface area contributed by atoms with Gasteiger partial charge in [-0.3, -0.25) is 0 Å². The molecular weight excluding hydrogens is 257 g/mol. The predicted molar refractivity (Wildman–Crippen MR) is 75.5 cm³/mol. The van der Waals surface area contributed by atoms with E-state index < -0.39 is 0 Å². The quantitative estimate of drug-likeness (QED) is 0.792. The number of rotatable bonds is 4. The van der Waals surface area contributed by atoms with Gasteiger partial charge in [0.05, 0.1) is 25.0 Å². The number of nitrogens with one attached hydrogen (secondary N) is 1. The second kappa shape index (κ2) is 5.21. The van der Waals surface area contributed by atoms with E-state index in [1.807, 2.05) is 35.0 Å². The first-order valence-corrected chi connectivity index (χ1v) is 6.26. The van der Waals surface area contributed by atoms with Gasteiger partial charge in [0.15, 0.2) is 0 Å². The summed E-state index contributed by atoms with van der Waals surface area (Å²) in [7, 11) is 1.55. The minimum atomic E-state index is -0.311. The summed E-state index contributed by atoms with van der Waals surface area (Å²) >= 11 is 0. The molecule has 0 atom stereocenters. The molecule has 5 heteroatoms. The number of anilines is 1. The summed E-state index contributed by atoms with van der Waals surface area (Å²) in [5, 5.41) is 3.03. The Hall–Kier alpha value is -2.56. The van der Waals surface area contributed by atoms with Gasteiger partial charge in [0.2, 0.25) is 0 Å². The molecule has 0 saturated carbocycles. The SMILES string of the molecule is COc1ccc(F)c(NCc2cn3ccccc3n2)c1. The summed E-state index contributed by atoms with van der Waals surface area (Å²) in [5.41, 5.74) is 2.12. The van der Waals surface area contributed by atoms with E-state index in [0.717, 1.165) is 11.3 Å². The van der Waals surface area contributed by atoms with E-state index in [9.17, 15) is 4.39 Å². The number of pyridine rings is 1. The molecule has 0 aliphatic heterocycles. The fraction of sp³-hybridized carbons (Fsp3) is 0.133. The molecule has 1 N–H and O–H groups in total. The van der Waals surface area contributed by atoms with Crippen molar-refractivity contribution in [3.05, 3.63) is 60.3 Å². The second-order valence-corrected chi connectivity index (χ2v) is 4.40. The summed E-state index contributed by atoms with van der Waals surface area (Å²) in [6.45, 7) is 0.450. The van der Waals surface area contributed by atoms with Crippen LogP contribution in [-0.2, 0) is 6.54 Å². The molecule has 3 rings (SSSR count). The molecule has 1 aromatic carbocycles. The summed E-state index contributed by atoms with van der Waals surface area (Å²) in [6.07, 6.45) is 3.85.